The fourth-order valence-corrected chi connectivity index (χ4v) is 2.59. The topological polar surface area (TPSA) is 68.7 Å². The Labute approximate surface area is 120 Å². The lowest BCUT2D eigenvalue weighted by molar-refractivity contribution is 0.0697. The molecule has 0 aromatic carbocycles. The minimum atomic E-state index is -0.979. The number of hydrogen-bond acceptors (Lipinski definition) is 5. The Morgan fingerprint density at radius 3 is 2.75 bits per heavy atom. The van der Waals surface area contributed by atoms with Gasteiger partial charge in [-0.15, -0.1) is 11.3 Å². The smallest absolute Gasteiger partial charge is 0.349 e. The number of carboxylic acids is 1. The van der Waals surface area contributed by atoms with Crippen LogP contribution in [-0.2, 0) is 6.61 Å². The maximum absolute atomic E-state index is 11.1. The lowest BCUT2D eigenvalue weighted by atomic mass is 10.3. The Morgan fingerprint density at radius 1 is 1.35 bits per heavy atom. The Kier molecular flexibility index (Phi) is 4.24. The number of nitrogens with zero attached hydrogens (tertiary/aromatic N) is 1. The predicted molar refractivity (Wildman–Crippen MR) is 75.9 cm³/mol. The molecule has 5 nitrogen and oxygen atoms in total. The molecule has 0 amide bonds. The number of aromatic nitrogens is 1. The van der Waals surface area contributed by atoms with Gasteiger partial charge in [0.1, 0.15) is 18.1 Å². The average Bonchev–Trinajstić information content (AvgIpc) is 2.77. The van der Waals surface area contributed by atoms with Gasteiger partial charge in [-0.2, -0.15) is 0 Å². The quantitative estimate of drug-likeness (QED) is 0.917. The first-order valence-electron chi connectivity index (χ1n) is 5.97. The second-order valence-electron chi connectivity index (χ2n) is 4.28. The van der Waals surface area contributed by atoms with E-state index < -0.39 is 5.97 Å². The standard InChI is InChI=1S/C14H15NO4S/c1-8-4-11(18-3)6-10(15-8)7-19-12-5-9(2)20-13(12)14(16)17/h4-6H,7H2,1-3H3,(H,16,17). The third-order valence-corrected chi connectivity index (χ3v) is 3.63. The van der Waals surface area contributed by atoms with Crippen LogP contribution < -0.4 is 9.47 Å². The minimum Gasteiger partial charge on any atom is -0.497 e. The molecule has 0 saturated carbocycles. The van der Waals surface area contributed by atoms with Crippen molar-refractivity contribution in [1.82, 2.24) is 4.98 Å². The molecule has 0 aliphatic heterocycles. The molecule has 2 heterocycles. The van der Waals surface area contributed by atoms with Crippen molar-refractivity contribution in [3.8, 4) is 11.5 Å². The zero-order valence-corrected chi connectivity index (χ0v) is 12.3. The van der Waals surface area contributed by atoms with Crippen molar-refractivity contribution in [1.29, 1.82) is 0 Å². The molecular formula is C14H15NO4S. The van der Waals surface area contributed by atoms with Crippen molar-refractivity contribution in [2.75, 3.05) is 7.11 Å². The summed E-state index contributed by atoms with van der Waals surface area (Å²) in [5.74, 6) is 0.103. The van der Waals surface area contributed by atoms with Gasteiger partial charge >= 0.3 is 5.97 Å². The largest absolute Gasteiger partial charge is 0.497 e. The summed E-state index contributed by atoms with van der Waals surface area (Å²) in [5.41, 5.74) is 1.52. The molecule has 2 aromatic rings. The Morgan fingerprint density at radius 2 is 2.10 bits per heavy atom. The van der Waals surface area contributed by atoms with Gasteiger partial charge in [-0.1, -0.05) is 0 Å². The molecule has 0 saturated heterocycles. The van der Waals surface area contributed by atoms with Gasteiger partial charge in [0.25, 0.3) is 0 Å². The van der Waals surface area contributed by atoms with Crippen molar-refractivity contribution in [3.05, 3.63) is 39.3 Å². The summed E-state index contributed by atoms with van der Waals surface area (Å²) in [5, 5.41) is 9.10. The number of aryl methyl sites for hydroxylation is 2. The first kappa shape index (κ1) is 14.3. The van der Waals surface area contributed by atoms with E-state index in [1.807, 2.05) is 19.9 Å². The van der Waals surface area contributed by atoms with Crippen LogP contribution in [0.3, 0.4) is 0 Å². The van der Waals surface area contributed by atoms with Crippen LogP contribution in [0.25, 0.3) is 0 Å². The normalized spacial score (nSPS) is 10.3. The molecule has 2 rings (SSSR count). The lowest BCUT2D eigenvalue weighted by Crippen LogP contribution is -2.03. The van der Waals surface area contributed by atoms with E-state index in [0.29, 0.717) is 17.2 Å². The van der Waals surface area contributed by atoms with Crippen LogP contribution in [0, 0.1) is 13.8 Å². The second kappa shape index (κ2) is 5.92. The SMILES string of the molecule is COc1cc(C)nc(COc2cc(C)sc2C(=O)O)c1. The van der Waals surface area contributed by atoms with E-state index in [1.54, 1.807) is 19.2 Å². The van der Waals surface area contributed by atoms with Crippen LogP contribution in [0.4, 0.5) is 0 Å². The molecule has 0 aliphatic carbocycles. The number of carboxylic acid groups (broad SMARTS) is 1. The summed E-state index contributed by atoms with van der Waals surface area (Å²) in [6.45, 7) is 3.91. The Balaban J connectivity index is 2.16. The average molecular weight is 293 g/mol. The maximum atomic E-state index is 11.1. The summed E-state index contributed by atoms with van der Waals surface area (Å²) in [4.78, 5) is 16.5. The summed E-state index contributed by atoms with van der Waals surface area (Å²) in [7, 11) is 1.59. The third-order valence-electron chi connectivity index (χ3n) is 2.61. The van der Waals surface area contributed by atoms with E-state index in [0.717, 1.165) is 10.6 Å². The van der Waals surface area contributed by atoms with Gasteiger partial charge in [-0.3, -0.25) is 4.98 Å². The summed E-state index contributed by atoms with van der Waals surface area (Å²) in [6.07, 6.45) is 0. The lowest BCUT2D eigenvalue weighted by Gasteiger charge is -2.08. The summed E-state index contributed by atoms with van der Waals surface area (Å²) in [6, 6.07) is 5.31. The van der Waals surface area contributed by atoms with E-state index >= 15 is 0 Å². The van der Waals surface area contributed by atoms with Gasteiger partial charge in [0.05, 0.1) is 12.8 Å². The maximum Gasteiger partial charge on any atom is 0.349 e. The molecule has 106 valence electrons. The van der Waals surface area contributed by atoms with Gasteiger partial charge in [0, 0.05) is 22.7 Å². The van der Waals surface area contributed by atoms with E-state index in [2.05, 4.69) is 4.98 Å². The van der Waals surface area contributed by atoms with E-state index in [1.165, 1.54) is 11.3 Å². The highest BCUT2D eigenvalue weighted by Gasteiger charge is 2.15. The molecule has 0 atom stereocenters. The van der Waals surface area contributed by atoms with Gasteiger partial charge < -0.3 is 14.6 Å². The highest BCUT2D eigenvalue weighted by atomic mass is 32.1. The van der Waals surface area contributed by atoms with Crippen LogP contribution in [0.2, 0.25) is 0 Å². The number of ether oxygens (including phenoxy) is 2. The number of aromatic carboxylic acids is 1. The number of thiophene rings is 1. The van der Waals surface area contributed by atoms with Gasteiger partial charge in [-0.05, 0) is 19.9 Å². The van der Waals surface area contributed by atoms with Gasteiger partial charge in [0.2, 0.25) is 0 Å². The number of carbonyl (C=O) groups is 1. The number of pyridine rings is 1. The van der Waals surface area contributed by atoms with Crippen molar-refractivity contribution < 1.29 is 19.4 Å². The molecule has 0 bridgehead atoms. The highest BCUT2D eigenvalue weighted by molar-refractivity contribution is 7.14. The molecule has 0 fully saturated rings. The van der Waals surface area contributed by atoms with Gasteiger partial charge in [-0.25, -0.2) is 4.79 Å². The monoisotopic (exact) mass is 293 g/mol. The summed E-state index contributed by atoms with van der Waals surface area (Å²) >= 11 is 1.20. The van der Waals surface area contributed by atoms with Crippen LogP contribution in [0.5, 0.6) is 11.5 Å². The van der Waals surface area contributed by atoms with E-state index in [-0.39, 0.29) is 11.5 Å². The molecule has 0 spiro atoms. The summed E-state index contributed by atoms with van der Waals surface area (Å²) < 4.78 is 10.7. The van der Waals surface area contributed by atoms with Crippen LogP contribution >= 0.6 is 11.3 Å². The Bertz CT molecular complexity index is 636. The van der Waals surface area contributed by atoms with Gasteiger partial charge in [0.15, 0.2) is 4.88 Å². The van der Waals surface area contributed by atoms with Crippen LogP contribution in [-0.4, -0.2) is 23.2 Å². The highest BCUT2D eigenvalue weighted by Crippen LogP contribution is 2.29. The molecule has 2 aromatic heterocycles. The molecule has 1 N–H and O–H groups in total. The number of methoxy groups -OCH3 is 1. The fourth-order valence-electron chi connectivity index (χ4n) is 1.79. The first-order chi connectivity index (χ1) is 9.49. The molecule has 0 aliphatic rings. The fraction of sp³-hybridized carbons (Fsp3) is 0.286. The minimum absolute atomic E-state index is 0.203. The van der Waals surface area contributed by atoms with Crippen molar-refractivity contribution in [3.63, 3.8) is 0 Å². The molecule has 0 radical (unpaired) electrons. The van der Waals surface area contributed by atoms with Crippen LogP contribution in [0.15, 0.2) is 18.2 Å². The molecule has 0 unspecified atom stereocenters. The number of rotatable bonds is 5. The molecule has 20 heavy (non-hydrogen) atoms. The third kappa shape index (κ3) is 3.27. The second-order valence-corrected chi connectivity index (χ2v) is 5.54. The van der Waals surface area contributed by atoms with Crippen molar-refractivity contribution >= 4 is 17.3 Å². The first-order valence-corrected chi connectivity index (χ1v) is 6.79. The Hall–Kier alpha value is -2.08. The molecule has 6 heteroatoms. The van der Waals surface area contributed by atoms with E-state index in [9.17, 15) is 4.79 Å². The number of hydrogen-bond donors (Lipinski definition) is 1. The zero-order chi connectivity index (χ0) is 14.7. The van der Waals surface area contributed by atoms with E-state index in [4.69, 9.17) is 14.6 Å². The van der Waals surface area contributed by atoms with Crippen molar-refractivity contribution in [2.45, 2.75) is 20.5 Å². The van der Waals surface area contributed by atoms with Crippen molar-refractivity contribution in [2.24, 2.45) is 0 Å². The molecular weight excluding hydrogens is 278 g/mol. The predicted octanol–water partition coefficient (Wildman–Crippen LogP) is 3.05. The van der Waals surface area contributed by atoms with Crippen LogP contribution in [0.1, 0.15) is 25.9 Å². The zero-order valence-electron chi connectivity index (χ0n) is 11.5.